The molecule has 0 bridgehead atoms. The van der Waals surface area contributed by atoms with Crippen LogP contribution in [-0.4, -0.2) is 6.54 Å². The maximum Gasteiger partial charge on any atom is 0.0453 e. The van der Waals surface area contributed by atoms with Crippen molar-refractivity contribution in [1.82, 2.24) is 5.32 Å². The van der Waals surface area contributed by atoms with Gasteiger partial charge in [-0.05, 0) is 30.5 Å². The van der Waals surface area contributed by atoms with E-state index >= 15 is 0 Å². The first-order valence-corrected chi connectivity index (χ1v) is 5.14. The first kappa shape index (κ1) is 9.04. The van der Waals surface area contributed by atoms with Crippen molar-refractivity contribution in [2.45, 2.75) is 19.4 Å². The summed E-state index contributed by atoms with van der Waals surface area (Å²) in [5.74, 6) is 0.694. The minimum atomic E-state index is 0.452. The minimum Gasteiger partial charge on any atom is -0.310 e. The van der Waals surface area contributed by atoms with Gasteiger partial charge < -0.3 is 5.32 Å². The van der Waals surface area contributed by atoms with Crippen LogP contribution < -0.4 is 5.32 Å². The lowest BCUT2D eigenvalue weighted by Crippen LogP contribution is -2.16. The Morgan fingerprint density at radius 2 is 2.15 bits per heavy atom. The Hall–Kier alpha value is -0.530. The summed E-state index contributed by atoms with van der Waals surface area (Å²) in [5.41, 5.74) is 1.24. The summed E-state index contributed by atoms with van der Waals surface area (Å²) < 4.78 is 0. The number of benzene rings is 1. The average Bonchev–Trinajstić information content (AvgIpc) is 2.52. The normalized spacial score (nSPS) is 27.8. The predicted molar refractivity (Wildman–Crippen MR) is 56.0 cm³/mol. The van der Waals surface area contributed by atoms with Crippen LogP contribution in [0.4, 0.5) is 0 Å². The first-order chi connectivity index (χ1) is 6.29. The van der Waals surface area contributed by atoms with Crippen LogP contribution in [0.25, 0.3) is 0 Å². The van der Waals surface area contributed by atoms with Crippen molar-refractivity contribution < 1.29 is 0 Å². The van der Waals surface area contributed by atoms with Crippen LogP contribution >= 0.6 is 11.6 Å². The standard InChI is InChI=1S/C11H14ClN/c1-8-6-7-13-11(8)9-4-2-3-5-10(9)12/h2-5,8,11,13H,6-7H2,1H3. The topological polar surface area (TPSA) is 12.0 Å². The van der Waals surface area contributed by atoms with Crippen molar-refractivity contribution in [3.63, 3.8) is 0 Å². The highest BCUT2D eigenvalue weighted by Gasteiger charge is 2.25. The molecule has 1 N–H and O–H groups in total. The van der Waals surface area contributed by atoms with Crippen LogP contribution in [-0.2, 0) is 0 Å². The highest BCUT2D eigenvalue weighted by atomic mass is 35.5. The monoisotopic (exact) mass is 195 g/mol. The minimum absolute atomic E-state index is 0.452. The number of halogens is 1. The second-order valence-corrected chi connectivity index (χ2v) is 4.13. The van der Waals surface area contributed by atoms with E-state index in [0.29, 0.717) is 12.0 Å². The fraction of sp³-hybridized carbons (Fsp3) is 0.455. The van der Waals surface area contributed by atoms with Crippen molar-refractivity contribution in [2.24, 2.45) is 5.92 Å². The molecule has 1 nitrogen and oxygen atoms in total. The Kier molecular flexibility index (Phi) is 2.56. The van der Waals surface area contributed by atoms with Gasteiger partial charge in [0.1, 0.15) is 0 Å². The Morgan fingerprint density at radius 3 is 2.77 bits per heavy atom. The van der Waals surface area contributed by atoms with Crippen molar-refractivity contribution in [1.29, 1.82) is 0 Å². The fourth-order valence-corrected chi connectivity index (χ4v) is 2.23. The van der Waals surface area contributed by atoms with Gasteiger partial charge in [-0.2, -0.15) is 0 Å². The van der Waals surface area contributed by atoms with Crippen molar-refractivity contribution >= 4 is 11.6 Å². The molecule has 0 saturated carbocycles. The molecule has 2 rings (SSSR count). The molecule has 2 unspecified atom stereocenters. The van der Waals surface area contributed by atoms with E-state index in [9.17, 15) is 0 Å². The van der Waals surface area contributed by atoms with Crippen LogP contribution in [0, 0.1) is 5.92 Å². The van der Waals surface area contributed by atoms with Gasteiger partial charge in [0.15, 0.2) is 0 Å². The molecule has 1 saturated heterocycles. The SMILES string of the molecule is CC1CCNC1c1ccccc1Cl. The molecule has 0 radical (unpaired) electrons. The molecular weight excluding hydrogens is 182 g/mol. The lowest BCUT2D eigenvalue weighted by Gasteiger charge is -2.17. The molecule has 1 aromatic carbocycles. The zero-order valence-corrected chi connectivity index (χ0v) is 8.51. The van der Waals surface area contributed by atoms with Crippen LogP contribution in [0.15, 0.2) is 24.3 Å². The average molecular weight is 196 g/mol. The van der Waals surface area contributed by atoms with Gasteiger partial charge >= 0.3 is 0 Å². The van der Waals surface area contributed by atoms with E-state index < -0.39 is 0 Å². The van der Waals surface area contributed by atoms with E-state index in [2.05, 4.69) is 18.3 Å². The van der Waals surface area contributed by atoms with Crippen LogP contribution in [0.2, 0.25) is 5.02 Å². The molecular formula is C11H14ClN. The molecule has 1 aliphatic rings. The smallest absolute Gasteiger partial charge is 0.0453 e. The molecule has 1 aromatic rings. The largest absolute Gasteiger partial charge is 0.310 e. The van der Waals surface area contributed by atoms with Crippen LogP contribution in [0.1, 0.15) is 24.9 Å². The van der Waals surface area contributed by atoms with E-state index in [4.69, 9.17) is 11.6 Å². The summed E-state index contributed by atoms with van der Waals surface area (Å²) in [5, 5.41) is 4.36. The Balaban J connectivity index is 2.29. The van der Waals surface area contributed by atoms with Gasteiger partial charge in [0.05, 0.1) is 0 Å². The van der Waals surface area contributed by atoms with Gasteiger partial charge in [0.2, 0.25) is 0 Å². The molecule has 70 valence electrons. The van der Waals surface area contributed by atoms with E-state index in [0.717, 1.165) is 11.6 Å². The third-order valence-electron chi connectivity index (χ3n) is 2.77. The molecule has 2 atom stereocenters. The van der Waals surface area contributed by atoms with Gasteiger partial charge in [0, 0.05) is 11.1 Å². The van der Waals surface area contributed by atoms with Gasteiger partial charge in [-0.15, -0.1) is 0 Å². The zero-order valence-electron chi connectivity index (χ0n) is 7.76. The Morgan fingerprint density at radius 1 is 1.38 bits per heavy atom. The zero-order chi connectivity index (χ0) is 9.26. The number of nitrogens with one attached hydrogen (secondary N) is 1. The number of hydrogen-bond acceptors (Lipinski definition) is 1. The molecule has 13 heavy (non-hydrogen) atoms. The van der Waals surface area contributed by atoms with E-state index in [1.165, 1.54) is 12.0 Å². The Labute approximate surface area is 84.1 Å². The molecule has 1 fully saturated rings. The molecule has 2 heteroatoms. The maximum atomic E-state index is 6.13. The quantitative estimate of drug-likeness (QED) is 0.727. The molecule has 0 aliphatic carbocycles. The van der Waals surface area contributed by atoms with E-state index in [1.807, 2.05) is 18.2 Å². The lowest BCUT2D eigenvalue weighted by molar-refractivity contribution is 0.504. The number of hydrogen-bond donors (Lipinski definition) is 1. The lowest BCUT2D eigenvalue weighted by atomic mass is 9.96. The van der Waals surface area contributed by atoms with Gasteiger partial charge in [-0.3, -0.25) is 0 Å². The maximum absolute atomic E-state index is 6.13. The molecule has 0 aromatic heterocycles. The summed E-state index contributed by atoms with van der Waals surface area (Å²) >= 11 is 6.13. The third kappa shape index (κ3) is 1.72. The predicted octanol–water partition coefficient (Wildman–Crippen LogP) is 3.01. The molecule has 0 spiro atoms. The second kappa shape index (κ2) is 3.69. The second-order valence-electron chi connectivity index (χ2n) is 3.72. The fourth-order valence-electron chi connectivity index (χ4n) is 1.98. The summed E-state index contributed by atoms with van der Waals surface area (Å²) in [6.07, 6.45) is 1.25. The summed E-state index contributed by atoms with van der Waals surface area (Å²) in [7, 11) is 0. The van der Waals surface area contributed by atoms with Gasteiger partial charge in [-0.25, -0.2) is 0 Å². The molecule has 1 aliphatic heterocycles. The summed E-state index contributed by atoms with van der Waals surface area (Å²) in [6.45, 7) is 3.38. The molecule has 1 heterocycles. The van der Waals surface area contributed by atoms with Crippen LogP contribution in [0.5, 0.6) is 0 Å². The van der Waals surface area contributed by atoms with Crippen molar-refractivity contribution in [3.8, 4) is 0 Å². The van der Waals surface area contributed by atoms with E-state index in [-0.39, 0.29) is 0 Å². The third-order valence-corrected chi connectivity index (χ3v) is 3.12. The highest BCUT2D eigenvalue weighted by molar-refractivity contribution is 6.31. The number of rotatable bonds is 1. The van der Waals surface area contributed by atoms with E-state index in [1.54, 1.807) is 0 Å². The summed E-state index contributed by atoms with van der Waals surface area (Å²) in [6, 6.07) is 8.55. The highest BCUT2D eigenvalue weighted by Crippen LogP contribution is 2.32. The first-order valence-electron chi connectivity index (χ1n) is 4.77. The summed E-state index contributed by atoms with van der Waals surface area (Å²) in [4.78, 5) is 0. The Bertz CT molecular complexity index is 298. The van der Waals surface area contributed by atoms with Gasteiger partial charge in [-0.1, -0.05) is 36.7 Å². The van der Waals surface area contributed by atoms with Crippen molar-refractivity contribution in [3.05, 3.63) is 34.9 Å². The van der Waals surface area contributed by atoms with Gasteiger partial charge in [0.25, 0.3) is 0 Å². The molecule has 0 amide bonds. The van der Waals surface area contributed by atoms with Crippen molar-refractivity contribution in [2.75, 3.05) is 6.54 Å². The van der Waals surface area contributed by atoms with Crippen LogP contribution in [0.3, 0.4) is 0 Å².